The number of hydrogen-bond acceptors (Lipinski definition) is 5. The Morgan fingerprint density at radius 2 is 1.37 bits per heavy atom. The third kappa shape index (κ3) is 4.34. The summed E-state index contributed by atoms with van der Waals surface area (Å²) in [5, 5.41) is 0. The molecular formula is C30H20O4S. The van der Waals surface area contributed by atoms with Crippen LogP contribution in [0.3, 0.4) is 0 Å². The third-order valence-corrected chi connectivity index (χ3v) is 6.96. The lowest BCUT2D eigenvalue weighted by Gasteiger charge is -2.20. The molecule has 0 aliphatic heterocycles. The van der Waals surface area contributed by atoms with Crippen molar-refractivity contribution in [1.29, 1.82) is 0 Å². The Labute approximate surface area is 207 Å². The Kier molecular flexibility index (Phi) is 6.17. The first-order chi connectivity index (χ1) is 17.1. The predicted molar refractivity (Wildman–Crippen MR) is 136 cm³/mol. The van der Waals surface area contributed by atoms with E-state index >= 15 is 0 Å². The van der Waals surface area contributed by atoms with Gasteiger partial charge < -0.3 is 4.74 Å². The van der Waals surface area contributed by atoms with Gasteiger partial charge in [-0.1, -0.05) is 97.2 Å². The lowest BCUT2D eigenvalue weighted by Crippen LogP contribution is -2.21. The number of benzene rings is 4. The molecule has 0 unspecified atom stereocenters. The van der Waals surface area contributed by atoms with Gasteiger partial charge in [0.25, 0.3) is 0 Å². The van der Waals surface area contributed by atoms with Gasteiger partial charge in [0.05, 0.1) is 5.56 Å². The van der Waals surface area contributed by atoms with Gasteiger partial charge in [-0.05, 0) is 29.3 Å². The first-order valence-electron chi connectivity index (χ1n) is 11.0. The first-order valence-corrected chi connectivity index (χ1v) is 11.9. The Morgan fingerprint density at radius 3 is 2.11 bits per heavy atom. The van der Waals surface area contributed by atoms with E-state index in [1.54, 1.807) is 60.7 Å². The highest BCUT2D eigenvalue weighted by Crippen LogP contribution is 2.38. The second kappa shape index (κ2) is 9.57. The van der Waals surface area contributed by atoms with Crippen LogP contribution in [0.5, 0.6) is 0 Å². The molecule has 4 aromatic rings. The van der Waals surface area contributed by atoms with Crippen LogP contribution in [0.2, 0.25) is 0 Å². The van der Waals surface area contributed by atoms with Crippen LogP contribution in [0.1, 0.15) is 53.3 Å². The highest BCUT2D eigenvalue weighted by Gasteiger charge is 2.31. The minimum absolute atomic E-state index is 0.139. The van der Waals surface area contributed by atoms with Crippen LogP contribution < -0.4 is 0 Å². The maximum Gasteiger partial charge on any atom is 0.339 e. The number of fused-ring (bicyclic) bond motifs is 2. The molecule has 4 nitrogen and oxygen atoms in total. The molecule has 0 atom stereocenters. The first kappa shape index (κ1) is 22.6. The van der Waals surface area contributed by atoms with E-state index in [0.717, 1.165) is 11.1 Å². The van der Waals surface area contributed by atoms with Gasteiger partial charge in [-0.2, -0.15) is 0 Å². The topological polar surface area (TPSA) is 60.4 Å². The van der Waals surface area contributed by atoms with Crippen molar-refractivity contribution < 1.29 is 19.1 Å². The zero-order chi connectivity index (χ0) is 24.4. The molecule has 5 heteroatoms. The van der Waals surface area contributed by atoms with Gasteiger partial charge in [0.2, 0.25) is 0 Å². The van der Waals surface area contributed by atoms with Crippen molar-refractivity contribution in [2.24, 2.45) is 0 Å². The van der Waals surface area contributed by atoms with Crippen molar-refractivity contribution in [3.8, 4) is 0 Å². The fourth-order valence-corrected chi connectivity index (χ4v) is 5.11. The maximum atomic E-state index is 13.3. The van der Waals surface area contributed by atoms with Gasteiger partial charge in [0, 0.05) is 32.0 Å². The monoisotopic (exact) mass is 476 g/mol. The molecule has 0 N–H and O–H groups in total. The number of carbonyl (C=O) groups is 3. The number of ketones is 2. The normalized spacial score (nSPS) is 12.0. The Balaban J connectivity index is 1.42. The third-order valence-electron chi connectivity index (χ3n) is 5.83. The maximum absolute atomic E-state index is 13.3. The lowest BCUT2D eigenvalue weighted by atomic mass is 9.84. The molecule has 0 amide bonds. The molecule has 0 spiro atoms. The molecule has 1 aliphatic rings. The van der Waals surface area contributed by atoms with Crippen molar-refractivity contribution in [3.05, 3.63) is 137 Å². The molecule has 0 radical (unpaired) electrons. The summed E-state index contributed by atoms with van der Waals surface area (Å²) in [6.45, 7) is 3.88. The van der Waals surface area contributed by atoms with Crippen molar-refractivity contribution in [1.82, 2.24) is 0 Å². The zero-order valence-corrected chi connectivity index (χ0v) is 19.5. The fraction of sp³-hybridized carbons (Fsp3) is 0.0333. The Morgan fingerprint density at radius 1 is 0.743 bits per heavy atom. The summed E-state index contributed by atoms with van der Waals surface area (Å²) in [6.07, 6.45) is 1.75. The van der Waals surface area contributed by atoms with E-state index in [1.807, 2.05) is 36.4 Å². The van der Waals surface area contributed by atoms with Crippen LogP contribution in [-0.2, 0) is 11.3 Å². The number of carbonyl (C=O) groups excluding carboxylic acids is 3. The number of esters is 1. The summed E-state index contributed by atoms with van der Waals surface area (Å²) >= 11 is 1.28. The molecule has 0 heterocycles. The van der Waals surface area contributed by atoms with Crippen molar-refractivity contribution in [3.63, 3.8) is 0 Å². The van der Waals surface area contributed by atoms with Crippen molar-refractivity contribution in [2.75, 3.05) is 0 Å². The zero-order valence-electron chi connectivity index (χ0n) is 18.7. The molecule has 0 bridgehead atoms. The number of hydrogen-bond donors (Lipinski definition) is 0. The molecule has 1 aliphatic carbocycles. The number of rotatable bonds is 6. The smallest absolute Gasteiger partial charge is 0.339 e. The van der Waals surface area contributed by atoms with E-state index in [0.29, 0.717) is 37.6 Å². The number of ether oxygens (including phenoxy) is 1. The van der Waals surface area contributed by atoms with Gasteiger partial charge in [0.15, 0.2) is 11.6 Å². The summed E-state index contributed by atoms with van der Waals surface area (Å²) < 4.78 is 5.56. The van der Waals surface area contributed by atoms with Crippen molar-refractivity contribution in [2.45, 2.75) is 16.4 Å². The Bertz CT molecular complexity index is 1480. The quantitative estimate of drug-likeness (QED) is 0.258. The van der Waals surface area contributed by atoms with Gasteiger partial charge in [0.1, 0.15) is 6.61 Å². The second-order valence-electron chi connectivity index (χ2n) is 8.00. The summed E-state index contributed by atoms with van der Waals surface area (Å²) in [5.41, 5.74) is 3.81. The minimum atomic E-state index is -0.460. The predicted octanol–water partition coefficient (Wildman–Crippen LogP) is 6.61. The van der Waals surface area contributed by atoms with Crippen LogP contribution in [0.25, 0.3) is 6.08 Å². The van der Waals surface area contributed by atoms with Crippen LogP contribution in [0.4, 0.5) is 0 Å². The molecular weight excluding hydrogens is 456 g/mol. The van der Waals surface area contributed by atoms with E-state index in [-0.39, 0.29) is 18.2 Å². The van der Waals surface area contributed by atoms with Gasteiger partial charge in [-0.3, -0.25) is 9.59 Å². The molecule has 0 fully saturated rings. The summed E-state index contributed by atoms with van der Waals surface area (Å²) in [4.78, 5) is 40.6. The molecule has 170 valence electrons. The van der Waals surface area contributed by atoms with Gasteiger partial charge in [-0.25, -0.2) is 4.79 Å². The van der Waals surface area contributed by atoms with E-state index in [9.17, 15) is 14.4 Å². The summed E-state index contributed by atoms with van der Waals surface area (Å²) in [5.74, 6) is -0.826. The van der Waals surface area contributed by atoms with Crippen LogP contribution in [-0.4, -0.2) is 17.5 Å². The van der Waals surface area contributed by atoms with Gasteiger partial charge in [-0.15, -0.1) is 0 Å². The second-order valence-corrected chi connectivity index (χ2v) is 9.09. The van der Waals surface area contributed by atoms with E-state index in [1.165, 1.54) is 11.8 Å². The van der Waals surface area contributed by atoms with Crippen molar-refractivity contribution >= 4 is 35.4 Å². The molecule has 4 aromatic carbocycles. The van der Waals surface area contributed by atoms with Crippen LogP contribution in [0.15, 0.2) is 107 Å². The minimum Gasteiger partial charge on any atom is -0.457 e. The van der Waals surface area contributed by atoms with Crippen LogP contribution in [0, 0.1) is 0 Å². The van der Waals surface area contributed by atoms with E-state index < -0.39 is 5.97 Å². The summed E-state index contributed by atoms with van der Waals surface area (Å²) in [6, 6.07) is 26.8. The molecule has 0 aromatic heterocycles. The average Bonchev–Trinajstić information content (AvgIpc) is 2.91. The van der Waals surface area contributed by atoms with E-state index in [4.69, 9.17) is 4.74 Å². The molecule has 0 saturated heterocycles. The standard InChI is InChI=1S/C30H20O4S/c1-2-19-14-16-20(17-15-19)18-34-30(33)23-10-5-6-12-25(23)35-26-13-7-11-24-27(26)29(32)22-9-4-3-8-21(22)28(24)31/h2-17H,1,18H2. The highest BCUT2D eigenvalue weighted by molar-refractivity contribution is 7.99. The molecule has 35 heavy (non-hydrogen) atoms. The largest absolute Gasteiger partial charge is 0.457 e. The van der Waals surface area contributed by atoms with Gasteiger partial charge >= 0.3 is 5.97 Å². The highest BCUT2D eigenvalue weighted by atomic mass is 32.2. The van der Waals surface area contributed by atoms with E-state index in [2.05, 4.69) is 6.58 Å². The summed E-state index contributed by atoms with van der Waals surface area (Å²) in [7, 11) is 0. The SMILES string of the molecule is C=Cc1ccc(COC(=O)c2ccccc2Sc2cccc3c2C(=O)c2ccccc2C3=O)cc1. The average molecular weight is 477 g/mol. The van der Waals surface area contributed by atoms with Crippen LogP contribution >= 0.6 is 11.8 Å². The lowest BCUT2D eigenvalue weighted by molar-refractivity contribution is 0.0468. The Hall–Kier alpha value is -4.22. The molecule has 0 saturated carbocycles. The molecule has 5 rings (SSSR count). The fourth-order valence-electron chi connectivity index (χ4n) is 4.02.